The van der Waals surface area contributed by atoms with E-state index >= 15 is 0 Å². The zero-order chi connectivity index (χ0) is 13.8. The number of halogens is 1. The number of aromatic nitrogens is 1. The molecule has 0 N–H and O–H groups in total. The summed E-state index contributed by atoms with van der Waals surface area (Å²) in [6, 6.07) is 12.2. The average Bonchev–Trinajstić information content (AvgIpc) is 2.38. The van der Waals surface area contributed by atoms with E-state index in [1.807, 2.05) is 31.2 Å². The van der Waals surface area contributed by atoms with Crippen molar-refractivity contribution in [3.05, 3.63) is 59.2 Å². The van der Waals surface area contributed by atoms with Gasteiger partial charge in [0.2, 0.25) is 0 Å². The summed E-state index contributed by atoms with van der Waals surface area (Å²) in [7, 11) is 1.80. The van der Waals surface area contributed by atoms with Crippen molar-refractivity contribution in [3.8, 4) is 6.07 Å². The maximum absolute atomic E-state index is 13.9. The van der Waals surface area contributed by atoms with Crippen molar-refractivity contribution in [3.63, 3.8) is 0 Å². The molecular formula is C15H14FN3. The van der Waals surface area contributed by atoms with Crippen LogP contribution in [0.4, 0.5) is 10.1 Å². The molecule has 1 aromatic heterocycles. The number of hydrogen-bond donors (Lipinski definition) is 0. The molecule has 0 amide bonds. The van der Waals surface area contributed by atoms with Crippen LogP contribution in [0.5, 0.6) is 0 Å². The highest BCUT2D eigenvalue weighted by Gasteiger charge is 2.09. The quantitative estimate of drug-likeness (QED) is 0.846. The summed E-state index contributed by atoms with van der Waals surface area (Å²) in [5.74, 6) is -0.394. The van der Waals surface area contributed by atoms with Crippen LogP contribution in [0.25, 0.3) is 0 Å². The van der Waals surface area contributed by atoms with Gasteiger partial charge in [0.25, 0.3) is 0 Å². The first-order valence-electron chi connectivity index (χ1n) is 5.93. The van der Waals surface area contributed by atoms with Gasteiger partial charge in [0.05, 0.1) is 29.6 Å². The summed E-state index contributed by atoms with van der Waals surface area (Å²) in [6.07, 6.45) is 0. The molecule has 0 bridgehead atoms. The summed E-state index contributed by atoms with van der Waals surface area (Å²) in [4.78, 5) is 6.16. The molecule has 0 fully saturated rings. The van der Waals surface area contributed by atoms with Crippen LogP contribution < -0.4 is 4.90 Å². The number of aryl methyl sites for hydroxylation is 1. The van der Waals surface area contributed by atoms with E-state index in [0.29, 0.717) is 17.8 Å². The van der Waals surface area contributed by atoms with E-state index in [4.69, 9.17) is 5.26 Å². The van der Waals surface area contributed by atoms with Crippen LogP contribution in [-0.2, 0) is 6.54 Å². The first kappa shape index (κ1) is 13.0. The minimum Gasteiger partial charge on any atom is -0.366 e. The fourth-order valence-corrected chi connectivity index (χ4v) is 1.90. The van der Waals surface area contributed by atoms with Crippen molar-refractivity contribution in [2.45, 2.75) is 13.5 Å². The third kappa shape index (κ3) is 3.08. The monoisotopic (exact) mass is 255 g/mol. The first-order valence-corrected chi connectivity index (χ1v) is 5.93. The molecular weight excluding hydrogens is 241 g/mol. The molecule has 0 saturated heterocycles. The highest BCUT2D eigenvalue weighted by Crippen LogP contribution is 2.20. The highest BCUT2D eigenvalue weighted by molar-refractivity contribution is 5.50. The summed E-state index contributed by atoms with van der Waals surface area (Å²) < 4.78 is 13.9. The van der Waals surface area contributed by atoms with Gasteiger partial charge in [-0.15, -0.1) is 0 Å². The summed E-state index contributed by atoms with van der Waals surface area (Å²) in [5, 5.41) is 8.72. The molecule has 0 unspecified atom stereocenters. The molecule has 0 aliphatic rings. The van der Waals surface area contributed by atoms with Crippen LogP contribution in [0.2, 0.25) is 0 Å². The van der Waals surface area contributed by atoms with Crippen molar-refractivity contribution in [2.24, 2.45) is 0 Å². The van der Waals surface area contributed by atoms with Gasteiger partial charge in [0.15, 0.2) is 0 Å². The Labute approximate surface area is 111 Å². The Bertz CT molecular complexity index is 632. The molecule has 4 heteroatoms. The van der Waals surface area contributed by atoms with E-state index in [1.54, 1.807) is 24.1 Å². The third-order valence-electron chi connectivity index (χ3n) is 2.83. The second-order valence-corrected chi connectivity index (χ2v) is 4.40. The normalized spacial score (nSPS) is 10.0. The fraction of sp³-hybridized carbons (Fsp3) is 0.200. The molecule has 3 nitrogen and oxygen atoms in total. The van der Waals surface area contributed by atoms with Gasteiger partial charge < -0.3 is 4.90 Å². The van der Waals surface area contributed by atoms with Gasteiger partial charge in [0.1, 0.15) is 5.82 Å². The molecule has 19 heavy (non-hydrogen) atoms. The van der Waals surface area contributed by atoms with Crippen LogP contribution in [0, 0.1) is 24.1 Å². The van der Waals surface area contributed by atoms with E-state index in [2.05, 4.69) is 4.98 Å². The number of pyridine rings is 1. The predicted octanol–water partition coefficient (Wildman–Crippen LogP) is 3.04. The molecule has 0 aliphatic carbocycles. The minimum atomic E-state index is -0.394. The van der Waals surface area contributed by atoms with Crippen molar-refractivity contribution in [2.75, 3.05) is 11.9 Å². The molecule has 0 aliphatic heterocycles. The maximum Gasteiger partial charge on any atom is 0.147 e. The molecule has 0 radical (unpaired) electrons. The molecule has 0 atom stereocenters. The van der Waals surface area contributed by atoms with E-state index < -0.39 is 5.82 Å². The molecule has 0 spiro atoms. The summed E-state index contributed by atoms with van der Waals surface area (Å²) in [5.41, 5.74) is 2.60. The SMILES string of the molecule is Cc1cccc(CN(C)c2ccc(C#N)cc2F)n1. The Morgan fingerprint density at radius 2 is 2.11 bits per heavy atom. The molecule has 0 saturated carbocycles. The van der Waals surface area contributed by atoms with Gasteiger partial charge >= 0.3 is 0 Å². The number of anilines is 1. The molecule has 2 aromatic rings. The topological polar surface area (TPSA) is 39.9 Å². The Kier molecular flexibility index (Phi) is 3.76. The van der Waals surface area contributed by atoms with Gasteiger partial charge in [-0.1, -0.05) is 6.07 Å². The molecule has 96 valence electrons. The van der Waals surface area contributed by atoms with Crippen LogP contribution in [0.3, 0.4) is 0 Å². The van der Waals surface area contributed by atoms with E-state index in [9.17, 15) is 4.39 Å². The smallest absolute Gasteiger partial charge is 0.147 e. The zero-order valence-electron chi connectivity index (χ0n) is 10.9. The van der Waals surface area contributed by atoms with Crippen LogP contribution >= 0.6 is 0 Å². The van der Waals surface area contributed by atoms with Gasteiger partial charge in [-0.3, -0.25) is 4.98 Å². The number of rotatable bonds is 3. The van der Waals surface area contributed by atoms with Gasteiger partial charge in [-0.2, -0.15) is 5.26 Å². The standard InChI is InChI=1S/C15H14FN3/c1-11-4-3-5-13(18-11)10-19(2)15-7-6-12(9-17)8-14(15)16/h3-8H,10H2,1-2H3. The van der Waals surface area contributed by atoms with Crippen molar-refractivity contribution in [1.82, 2.24) is 4.98 Å². The van der Waals surface area contributed by atoms with E-state index in [-0.39, 0.29) is 0 Å². The van der Waals surface area contributed by atoms with Crippen molar-refractivity contribution in [1.29, 1.82) is 5.26 Å². The van der Waals surface area contributed by atoms with E-state index in [0.717, 1.165) is 11.4 Å². The predicted molar refractivity (Wildman–Crippen MR) is 72.2 cm³/mol. The lowest BCUT2D eigenvalue weighted by Crippen LogP contribution is -2.18. The third-order valence-corrected chi connectivity index (χ3v) is 2.83. The average molecular weight is 255 g/mol. The van der Waals surface area contributed by atoms with Crippen LogP contribution in [-0.4, -0.2) is 12.0 Å². The molecule has 1 aromatic carbocycles. The lowest BCUT2D eigenvalue weighted by Gasteiger charge is -2.19. The fourth-order valence-electron chi connectivity index (χ4n) is 1.90. The van der Waals surface area contributed by atoms with Crippen LogP contribution in [0.15, 0.2) is 36.4 Å². The van der Waals surface area contributed by atoms with Crippen LogP contribution in [0.1, 0.15) is 17.0 Å². The second kappa shape index (κ2) is 5.49. The van der Waals surface area contributed by atoms with Gasteiger partial charge in [0, 0.05) is 12.7 Å². The molecule has 2 rings (SSSR count). The molecule has 1 heterocycles. The van der Waals surface area contributed by atoms with Gasteiger partial charge in [-0.25, -0.2) is 4.39 Å². The number of nitrogens with zero attached hydrogens (tertiary/aromatic N) is 3. The highest BCUT2D eigenvalue weighted by atomic mass is 19.1. The Morgan fingerprint density at radius 3 is 2.74 bits per heavy atom. The largest absolute Gasteiger partial charge is 0.366 e. The number of nitriles is 1. The Balaban J connectivity index is 2.21. The summed E-state index contributed by atoms with van der Waals surface area (Å²) in [6.45, 7) is 2.44. The number of benzene rings is 1. The van der Waals surface area contributed by atoms with Crippen molar-refractivity contribution < 1.29 is 4.39 Å². The maximum atomic E-state index is 13.9. The lowest BCUT2D eigenvalue weighted by molar-refractivity contribution is 0.621. The number of hydrogen-bond acceptors (Lipinski definition) is 3. The second-order valence-electron chi connectivity index (χ2n) is 4.40. The zero-order valence-corrected chi connectivity index (χ0v) is 10.9. The Morgan fingerprint density at radius 1 is 1.32 bits per heavy atom. The van der Waals surface area contributed by atoms with Crippen molar-refractivity contribution >= 4 is 5.69 Å². The Hall–Kier alpha value is -2.41. The van der Waals surface area contributed by atoms with Gasteiger partial charge in [-0.05, 0) is 37.3 Å². The lowest BCUT2D eigenvalue weighted by atomic mass is 10.2. The van der Waals surface area contributed by atoms with E-state index in [1.165, 1.54) is 6.07 Å². The first-order chi connectivity index (χ1) is 9.10. The minimum absolute atomic E-state index is 0.323. The summed E-state index contributed by atoms with van der Waals surface area (Å²) >= 11 is 0.